The van der Waals surface area contributed by atoms with Crippen molar-refractivity contribution in [1.82, 2.24) is 10.3 Å². The molecule has 1 aromatic heterocycles. The Morgan fingerprint density at radius 1 is 1.25 bits per heavy atom. The van der Waals surface area contributed by atoms with E-state index in [1.165, 1.54) is 32.1 Å². The number of hydrogen-bond acceptors (Lipinski definition) is 4. The van der Waals surface area contributed by atoms with E-state index in [2.05, 4.69) is 10.3 Å². The van der Waals surface area contributed by atoms with E-state index < -0.39 is 6.04 Å². The second kappa shape index (κ2) is 7.60. The summed E-state index contributed by atoms with van der Waals surface area (Å²) in [6, 6.07) is 6.61. The van der Waals surface area contributed by atoms with Crippen LogP contribution in [0.2, 0.25) is 0 Å². The first kappa shape index (κ1) is 16.7. The maximum Gasteiger partial charge on any atom is 0.266 e. The number of ketones is 1. The largest absolute Gasteiger partial charge is 0.434 e. The molecular weight excluding hydrogens is 304 g/mol. The SMILES string of the molecule is C[C@H](NC(=O)CCC1CCCCC1)C(=O)c1nc2ccccc2o1. The second-order valence-corrected chi connectivity index (χ2v) is 6.68. The van der Waals surface area contributed by atoms with Crippen molar-refractivity contribution in [3.8, 4) is 0 Å². The summed E-state index contributed by atoms with van der Waals surface area (Å²) in [5.74, 6) is 0.346. The fraction of sp³-hybridized carbons (Fsp3) is 0.526. The minimum Gasteiger partial charge on any atom is -0.434 e. The topological polar surface area (TPSA) is 72.2 Å². The number of benzene rings is 1. The lowest BCUT2D eigenvalue weighted by molar-refractivity contribution is -0.121. The number of carbonyl (C=O) groups excluding carboxylic acids is 2. The zero-order valence-corrected chi connectivity index (χ0v) is 14.1. The zero-order valence-electron chi connectivity index (χ0n) is 14.1. The lowest BCUT2D eigenvalue weighted by Crippen LogP contribution is -2.38. The number of aromatic nitrogens is 1. The van der Waals surface area contributed by atoms with Crippen LogP contribution in [0.4, 0.5) is 0 Å². The summed E-state index contributed by atoms with van der Waals surface area (Å²) in [4.78, 5) is 28.7. The summed E-state index contributed by atoms with van der Waals surface area (Å²) in [5, 5.41) is 2.77. The van der Waals surface area contributed by atoms with Gasteiger partial charge >= 0.3 is 0 Å². The van der Waals surface area contributed by atoms with Gasteiger partial charge in [0.1, 0.15) is 5.52 Å². The van der Waals surface area contributed by atoms with Crippen LogP contribution in [-0.2, 0) is 4.79 Å². The van der Waals surface area contributed by atoms with Gasteiger partial charge in [-0.1, -0.05) is 44.2 Å². The first-order valence-corrected chi connectivity index (χ1v) is 8.82. The Morgan fingerprint density at radius 2 is 2.00 bits per heavy atom. The van der Waals surface area contributed by atoms with Crippen LogP contribution in [0.5, 0.6) is 0 Å². The summed E-state index contributed by atoms with van der Waals surface area (Å²) < 4.78 is 5.48. The van der Waals surface area contributed by atoms with Gasteiger partial charge < -0.3 is 9.73 Å². The lowest BCUT2D eigenvalue weighted by Gasteiger charge is -2.21. The van der Waals surface area contributed by atoms with Crippen molar-refractivity contribution < 1.29 is 14.0 Å². The van der Waals surface area contributed by atoms with Gasteiger partial charge in [-0.05, 0) is 31.4 Å². The highest BCUT2D eigenvalue weighted by Gasteiger charge is 2.23. The number of hydrogen-bond donors (Lipinski definition) is 1. The van der Waals surface area contributed by atoms with E-state index in [0.717, 1.165) is 6.42 Å². The Hall–Kier alpha value is -2.17. The first-order valence-electron chi connectivity index (χ1n) is 8.82. The standard InChI is InChI=1S/C19H24N2O3/c1-13(20-17(22)12-11-14-7-3-2-4-8-14)18(23)19-21-15-9-5-6-10-16(15)24-19/h5-6,9-10,13-14H,2-4,7-8,11-12H2,1H3,(H,20,22)/t13-/m0/s1. The van der Waals surface area contributed by atoms with Gasteiger partial charge in [-0.25, -0.2) is 4.98 Å². The third-order valence-corrected chi connectivity index (χ3v) is 4.78. The van der Waals surface area contributed by atoms with Crippen LogP contribution >= 0.6 is 0 Å². The fourth-order valence-corrected chi connectivity index (χ4v) is 3.35. The Kier molecular flexibility index (Phi) is 5.28. The maximum atomic E-state index is 12.4. The predicted octanol–water partition coefficient (Wildman–Crippen LogP) is 3.88. The summed E-state index contributed by atoms with van der Waals surface area (Å²) in [5.41, 5.74) is 1.23. The van der Waals surface area contributed by atoms with Gasteiger partial charge in [0.15, 0.2) is 5.58 Å². The molecule has 3 rings (SSSR count). The normalized spacial score (nSPS) is 16.9. The maximum absolute atomic E-state index is 12.4. The molecule has 1 aromatic carbocycles. The van der Waals surface area contributed by atoms with Gasteiger partial charge in [0.2, 0.25) is 11.7 Å². The number of carbonyl (C=O) groups is 2. The molecule has 24 heavy (non-hydrogen) atoms. The molecule has 5 heteroatoms. The van der Waals surface area contributed by atoms with Gasteiger partial charge in [-0.15, -0.1) is 0 Å². The monoisotopic (exact) mass is 328 g/mol. The van der Waals surface area contributed by atoms with E-state index in [-0.39, 0.29) is 17.6 Å². The number of para-hydroxylation sites is 2. The number of fused-ring (bicyclic) bond motifs is 1. The molecule has 0 radical (unpaired) electrons. The zero-order chi connectivity index (χ0) is 16.9. The number of nitrogens with one attached hydrogen (secondary N) is 1. The molecule has 5 nitrogen and oxygen atoms in total. The molecule has 0 unspecified atom stereocenters. The highest BCUT2D eigenvalue weighted by atomic mass is 16.4. The number of nitrogens with zero attached hydrogens (tertiary/aromatic N) is 1. The van der Waals surface area contributed by atoms with Crippen LogP contribution in [0.3, 0.4) is 0 Å². The predicted molar refractivity (Wildman–Crippen MR) is 91.8 cm³/mol. The smallest absolute Gasteiger partial charge is 0.266 e. The molecule has 1 aliphatic carbocycles. The molecule has 0 aliphatic heterocycles. The van der Waals surface area contributed by atoms with Crippen molar-refractivity contribution in [2.75, 3.05) is 0 Å². The van der Waals surface area contributed by atoms with Crippen LogP contribution in [0.1, 0.15) is 62.6 Å². The summed E-state index contributed by atoms with van der Waals surface area (Å²) in [6.45, 7) is 1.68. The van der Waals surface area contributed by atoms with Crippen LogP contribution in [0.25, 0.3) is 11.1 Å². The fourth-order valence-electron chi connectivity index (χ4n) is 3.35. The van der Waals surface area contributed by atoms with Gasteiger partial charge in [0.05, 0.1) is 6.04 Å². The molecule has 2 aromatic rings. The quantitative estimate of drug-likeness (QED) is 0.817. The molecule has 1 N–H and O–H groups in total. The van der Waals surface area contributed by atoms with Gasteiger partial charge in [0.25, 0.3) is 5.89 Å². The van der Waals surface area contributed by atoms with Crippen molar-refractivity contribution >= 4 is 22.8 Å². The van der Waals surface area contributed by atoms with Gasteiger partial charge in [0, 0.05) is 6.42 Å². The molecule has 0 bridgehead atoms. The van der Waals surface area contributed by atoms with Crippen molar-refractivity contribution in [2.24, 2.45) is 5.92 Å². The molecule has 0 spiro atoms. The molecule has 1 heterocycles. The molecule has 1 atom stereocenters. The van der Waals surface area contributed by atoms with E-state index in [1.807, 2.05) is 12.1 Å². The van der Waals surface area contributed by atoms with E-state index in [1.54, 1.807) is 19.1 Å². The van der Waals surface area contributed by atoms with Crippen LogP contribution in [-0.4, -0.2) is 22.7 Å². The number of oxazole rings is 1. The average molecular weight is 328 g/mol. The first-order chi connectivity index (χ1) is 11.6. The van der Waals surface area contributed by atoms with Crippen LogP contribution in [0.15, 0.2) is 28.7 Å². The van der Waals surface area contributed by atoms with Crippen LogP contribution in [0, 0.1) is 5.92 Å². The van der Waals surface area contributed by atoms with E-state index in [4.69, 9.17) is 4.42 Å². The van der Waals surface area contributed by atoms with Gasteiger partial charge in [-0.3, -0.25) is 9.59 Å². The minimum atomic E-state index is -0.628. The molecule has 128 valence electrons. The number of Topliss-reactive ketones (excluding diaryl/α,β-unsaturated/α-hetero) is 1. The molecule has 1 saturated carbocycles. The third kappa shape index (κ3) is 4.02. The van der Waals surface area contributed by atoms with Crippen LogP contribution < -0.4 is 5.32 Å². The molecule has 1 fully saturated rings. The lowest BCUT2D eigenvalue weighted by atomic mass is 9.86. The Bertz CT molecular complexity index is 683. The minimum absolute atomic E-state index is 0.0521. The summed E-state index contributed by atoms with van der Waals surface area (Å²) in [6.07, 6.45) is 7.72. The van der Waals surface area contributed by atoms with Crippen molar-refractivity contribution in [3.63, 3.8) is 0 Å². The molecule has 1 amide bonds. The highest BCUT2D eigenvalue weighted by Crippen LogP contribution is 2.27. The summed E-state index contributed by atoms with van der Waals surface area (Å²) >= 11 is 0. The van der Waals surface area contributed by atoms with Crippen molar-refractivity contribution in [3.05, 3.63) is 30.2 Å². The molecule has 0 saturated heterocycles. The van der Waals surface area contributed by atoms with Crippen molar-refractivity contribution in [1.29, 1.82) is 0 Å². The van der Waals surface area contributed by atoms with Crippen molar-refractivity contribution in [2.45, 2.75) is 57.9 Å². The Labute approximate surface area is 141 Å². The third-order valence-electron chi connectivity index (χ3n) is 4.78. The molecule has 1 aliphatic rings. The second-order valence-electron chi connectivity index (χ2n) is 6.68. The Balaban J connectivity index is 1.52. The number of amides is 1. The van der Waals surface area contributed by atoms with E-state index >= 15 is 0 Å². The molecular formula is C19H24N2O3. The summed E-state index contributed by atoms with van der Waals surface area (Å²) in [7, 11) is 0. The highest BCUT2D eigenvalue weighted by molar-refractivity contribution is 5.99. The van der Waals surface area contributed by atoms with E-state index in [0.29, 0.717) is 23.4 Å². The van der Waals surface area contributed by atoms with Gasteiger partial charge in [-0.2, -0.15) is 0 Å². The Morgan fingerprint density at radius 3 is 2.75 bits per heavy atom. The van der Waals surface area contributed by atoms with E-state index in [9.17, 15) is 9.59 Å². The average Bonchev–Trinajstić information content (AvgIpc) is 3.04. The number of rotatable bonds is 6.